The van der Waals surface area contributed by atoms with Gasteiger partial charge in [-0.25, -0.2) is 9.98 Å². The average Bonchev–Trinajstić information content (AvgIpc) is 3.24. The fraction of sp³-hybridized carbons (Fsp3) is 0.444. The highest BCUT2D eigenvalue weighted by molar-refractivity contribution is 9.10. The molecule has 2 unspecified atom stereocenters. The highest BCUT2D eigenvalue weighted by Crippen LogP contribution is 2.40. The minimum Gasteiger partial charge on any atom is -0.444 e. The number of nitrogens with zero attached hydrogens (tertiary/aromatic N) is 2. The third-order valence-electron chi connectivity index (χ3n) is 4.20. The summed E-state index contributed by atoms with van der Waals surface area (Å²) >= 11 is 3.48. The van der Waals surface area contributed by atoms with Crippen molar-refractivity contribution in [2.75, 3.05) is 6.54 Å². The number of rotatable bonds is 5. The normalized spacial score (nSPS) is 20.1. The van der Waals surface area contributed by atoms with Crippen LogP contribution in [0.2, 0.25) is 0 Å². The predicted octanol–water partition coefficient (Wildman–Crippen LogP) is 3.67. The number of aryl methyl sites for hydroxylation is 2. The number of nitrogens with one attached hydrogen (secondary N) is 2. The Balaban J connectivity index is 1.60. The molecule has 1 saturated carbocycles. The zero-order valence-corrected chi connectivity index (χ0v) is 15.9. The molecular weight excluding hydrogens is 368 g/mol. The van der Waals surface area contributed by atoms with Gasteiger partial charge in [-0.05, 0) is 44.9 Å². The van der Waals surface area contributed by atoms with E-state index in [9.17, 15) is 0 Å². The van der Waals surface area contributed by atoms with E-state index >= 15 is 0 Å². The minimum atomic E-state index is 0.428. The molecule has 1 aliphatic carbocycles. The number of hydrogen-bond acceptors (Lipinski definition) is 3. The van der Waals surface area contributed by atoms with Crippen molar-refractivity contribution in [3.8, 4) is 0 Å². The lowest BCUT2D eigenvalue weighted by Crippen LogP contribution is -2.39. The monoisotopic (exact) mass is 390 g/mol. The molecule has 128 valence electrons. The Morgan fingerprint density at radius 2 is 2.08 bits per heavy atom. The van der Waals surface area contributed by atoms with E-state index in [-0.39, 0.29) is 0 Å². The second-order valence-electron chi connectivity index (χ2n) is 6.09. The van der Waals surface area contributed by atoms with E-state index in [0.717, 1.165) is 34.9 Å². The summed E-state index contributed by atoms with van der Waals surface area (Å²) < 4.78 is 6.70. The molecule has 2 aromatic rings. The number of aliphatic imine (C=N–C) groups is 1. The van der Waals surface area contributed by atoms with Crippen molar-refractivity contribution in [2.24, 2.45) is 4.99 Å². The van der Waals surface area contributed by atoms with E-state index in [0.29, 0.717) is 24.4 Å². The molecule has 1 fully saturated rings. The first-order valence-corrected chi connectivity index (χ1v) is 9.09. The maximum Gasteiger partial charge on any atom is 0.216 e. The number of guanidine groups is 1. The van der Waals surface area contributed by atoms with E-state index in [1.165, 1.54) is 5.56 Å². The predicted molar refractivity (Wildman–Crippen MR) is 99.2 cm³/mol. The average molecular weight is 391 g/mol. The molecule has 0 aliphatic heterocycles. The van der Waals surface area contributed by atoms with Gasteiger partial charge in [0, 0.05) is 23.0 Å². The first-order valence-electron chi connectivity index (χ1n) is 8.30. The molecule has 3 rings (SSSR count). The summed E-state index contributed by atoms with van der Waals surface area (Å²) in [5.74, 6) is 2.88. The van der Waals surface area contributed by atoms with E-state index in [2.05, 4.69) is 67.7 Å². The first-order chi connectivity index (χ1) is 11.6. The molecule has 2 N–H and O–H groups in total. The van der Waals surface area contributed by atoms with Gasteiger partial charge < -0.3 is 15.1 Å². The molecule has 1 aromatic carbocycles. The van der Waals surface area contributed by atoms with Crippen molar-refractivity contribution in [2.45, 2.75) is 45.7 Å². The molecule has 1 heterocycles. The topological polar surface area (TPSA) is 62.5 Å². The van der Waals surface area contributed by atoms with Crippen molar-refractivity contribution in [3.63, 3.8) is 0 Å². The second-order valence-corrected chi connectivity index (χ2v) is 7.00. The highest BCUT2D eigenvalue weighted by Gasteiger charge is 2.38. The number of benzene rings is 1. The van der Waals surface area contributed by atoms with Crippen LogP contribution in [0.15, 0.2) is 38.1 Å². The first kappa shape index (κ1) is 17.0. The highest BCUT2D eigenvalue weighted by atomic mass is 79.9. The van der Waals surface area contributed by atoms with Crippen LogP contribution in [0.5, 0.6) is 0 Å². The van der Waals surface area contributed by atoms with Crippen LogP contribution in [-0.2, 0) is 6.54 Å². The standard InChI is InChI=1S/C18H23BrN4O/c1-4-20-18(21-10-17-22-11(2)12(3)24-17)23-16-9-15(16)13-5-7-14(19)8-6-13/h5-8,15-16H,4,9-10H2,1-3H3,(H2,20,21,23). The molecule has 0 radical (unpaired) electrons. The molecule has 0 spiro atoms. The largest absolute Gasteiger partial charge is 0.444 e. The van der Waals surface area contributed by atoms with Crippen LogP contribution in [0.4, 0.5) is 0 Å². The lowest BCUT2D eigenvalue weighted by Gasteiger charge is -2.11. The Labute approximate surface area is 151 Å². The Morgan fingerprint density at radius 1 is 1.33 bits per heavy atom. The summed E-state index contributed by atoms with van der Waals surface area (Å²) in [5.41, 5.74) is 2.29. The minimum absolute atomic E-state index is 0.428. The van der Waals surface area contributed by atoms with Crippen molar-refractivity contribution < 1.29 is 4.42 Å². The van der Waals surface area contributed by atoms with Crippen molar-refractivity contribution in [3.05, 3.63) is 51.6 Å². The Morgan fingerprint density at radius 3 is 2.71 bits per heavy atom. The molecule has 24 heavy (non-hydrogen) atoms. The van der Waals surface area contributed by atoms with Gasteiger partial charge in [0.25, 0.3) is 0 Å². The SMILES string of the molecule is CCNC(=NCc1nc(C)c(C)o1)NC1CC1c1ccc(Br)cc1. The van der Waals surface area contributed by atoms with E-state index < -0.39 is 0 Å². The van der Waals surface area contributed by atoms with Crippen LogP contribution in [0.25, 0.3) is 0 Å². The Bertz CT molecular complexity index is 704. The smallest absolute Gasteiger partial charge is 0.216 e. The lowest BCUT2D eigenvalue weighted by atomic mass is 10.1. The van der Waals surface area contributed by atoms with Crippen LogP contribution < -0.4 is 10.6 Å². The van der Waals surface area contributed by atoms with Crippen LogP contribution in [0, 0.1) is 13.8 Å². The maximum atomic E-state index is 5.59. The summed E-state index contributed by atoms with van der Waals surface area (Å²) in [6.45, 7) is 7.20. The number of aromatic nitrogens is 1. The molecule has 0 saturated heterocycles. The molecule has 2 atom stereocenters. The van der Waals surface area contributed by atoms with Crippen LogP contribution in [-0.4, -0.2) is 23.5 Å². The number of hydrogen-bond donors (Lipinski definition) is 2. The van der Waals surface area contributed by atoms with Gasteiger partial charge in [-0.1, -0.05) is 28.1 Å². The molecule has 1 aliphatic rings. The molecule has 0 bridgehead atoms. The summed E-state index contributed by atoms with van der Waals surface area (Å²) in [7, 11) is 0. The zero-order chi connectivity index (χ0) is 17.1. The quantitative estimate of drug-likeness (QED) is 0.603. The van der Waals surface area contributed by atoms with Gasteiger partial charge in [0.1, 0.15) is 12.3 Å². The number of oxazole rings is 1. The van der Waals surface area contributed by atoms with Crippen LogP contribution in [0.1, 0.15) is 42.2 Å². The van der Waals surface area contributed by atoms with Gasteiger partial charge in [0.2, 0.25) is 5.89 Å². The van der Waals surface area contributed by atoms with Gasteiger partial charge in [0.05, 0.1) is 5.69 Å². The fourth-order valence-corrected chi connectivity index (χ4v) is 2.95. The van der Waals surface area contributed by atoms with E-state index in [1.54, 1.807) is 0 Å². The van der Waals surface area contributed by atoms with Crippen molar-refractivity contribution >= 4 is 21.9 Å². The van der Waals surface area contributed by atoms with Gasteiger partial charge in [-0.3, -0.25) is 0 Å². The van der Waals surface area contributed by atoms with Crippen molar-refractivity contribution in [1.29, 1.82) is 0 Å². The summed E-state index contributed by atoms with van der Waals surface area (Å²) in [6.07, 6.45) is 1.13. The summed E-state index contributed by atoms with van der Waals surface area (Å²) in [5, 5.41) is 6.79. The molecule has 5 nitrogen and oxygen atoms in total. The third-order valence-corrected chi connectivity index (χ3v) is 4.73. The van der Waals surface area contributed by atoms with Gasteiger partial charge in [-0.2, -0.15) is 0 Å². The molecule has 0 amide bonds. The Hall–Kier alpha value is -1.82. The third kappa shape index (κ3) is 4.17. The van der Waals surface area contributed by atoms with Gasteiger partial charge in [0.15, 0.2) is 5.96 Å². The summed E-state index contributed by atoms with van der Waals surface area (Å²) in [4.78, 5) is 8.97. The van der Waals surface area contributed by atoms with Crippen molar-refractivity contribution in [1.82, 2.24) is 15.6 Å². The van der Waals surface area contributed by atoms with Crippen LogP contribution >= 0.6 is 15.9 Å². The molecular formula is C18H23BrN4O. The molecule has 6 heteroatoms. The van der Waals surface area contributed by atoms with Gasteiger partial charge in [-0.15, -0.1) is 0 Å². The lowest BCUT2D eigenvalue weighted by molar-refractivity contribution is 0.472. The Kier molecular flexibility index (Phi) is 5.23. The fourth-order valence-electron chi connectivity index (χ4n) is 2.68. The molecule has 1 aromatic heterocycles. The summed E-state index contributed by atoms with van der Waals surface area (Å²) in [6, 6.07) is 8.98. The maximum absolute atomic E-state index is 5.59. The van der Waals surface area contributed by atoms with Gasteiger partial charge >= 0.3 is 0 Å². The zero-order valence-electron chi connectivity index (χ0n) is 14.3. The second kappa shape index (κ2) is 7.38. The van der Waals surface area contributed by atoms with E-state index in [1.807, 2.05) is 13.8 Å². The van der Waals surface area contributed by atoms with Crippen LogP contribution in [0.3, 0.4) is 0 Å². The van der Waals surface area contributed by atoms with E-state index in [4.69, 9.17) is 4.42 Å². The number of halogens is 1.